The average molecular weight is 728 g/mol. The first-order chi connectivity index (χ1) is 20.5. The van der Waals surface area contributed by atoms with Gasteiger partial charge in [-0.1, -0.05) is 90.6 Å². The minimum Gasteiger partial charge on any atom is -1.00 e. The number of ether oxygens (including phenoxy) is 3. The molecule has 43 heavy (non-hydrogen) atoms. The second kappa shape index (κ2) is 21.1. The van der Waals surface area contributed by atoms with Gasteiger partial charge in [-0.3, -0.25) is 9.28 Å². The predicted molar refractivity (Wildman–Crippen MR) is 172 cm³/mol. The summed E-state index contributed by atoms with van der Waals surface area (Å²) in [6, 6.07) is 7.93. The maximum atomic E-state index is 13.2. The quantitative estimate of drug-likeness (QED) is 0.0691. The molecule has 1 aromatic heterocycles. The van der Waals surface area contributed by atoms with Crippen molar-refractivity contribution < 1.29 is 47.5 Å². The van der Waals surface area contributed by atoms with Crippen LogP contribution in [-0.4, -0.2) is 53.1 Å². The van der Waals surface area contributed by atoms with Crippen molar-refractivity contribution in [1.29, 1.82) is 0 Å². The van der Waals surface area contributed by atoms with E-state index in [0.29, 0.717) is 29.9 Å². The molecule has 9 heteroatoms. The Morgan fingerprint density at radius 1 is 0.907 bits per heavy atom. The van der Waals surface area contributed by atoms with E-state index < -0.39 is 6.23 Å². The molecule has 1 aromatic carbocycles. The number of aromatic nitrogens is 2. The Balaban J connectivity index is 0.00000645. The lowest BCUT2D eigenvalue weighted by atomic mass is 10.0. The summed E-state index contributed by atoms with van der Waals surface area (Å²) in [6.07, 6.45) is 18.7. The summed E-state index contributed by atoms with van der Waals surface area (Å²) in [4.78, 5) is 13.2. The molecule has 0 saturated heterocycles. The molecule has 1 aliphatic rings. The summed E-state index contributed by atoms with van der Waals surface area (Å²) >= 11 is 1.20. The number of carbonyl (C=O) groups excluding carboxylic acids is 1. The van der Waals surface area contributed by atoms with Crippen molar-refractivity contribution in [2.24, 2.45) is 0 Å². The van der Waals surface area contributed by atoms with Crippen LogP contribution in [0.5, 0.6) is 11.6 Å². The Hall–Kier alpha value is -1.72. The number of likely N-dealkylation sites (N-methyl/N-ethyl adjacent to an activating group) is 1. The van der Waals surface area contributed by atoms with Gasteiger partial charge in [-0.25, -0.2) is 0 Å². The highest BCUT2D eigenvalue weighted by atomic mass is 127. The van der Waals surface area contributed by atoms with Crippen LogP contribution in [0.2, 0.25) is 0 Å². The molecule has 7 nitrogen and oxygen atoms in total. The zero-order valence-electron chi connectivity index (χ0n) is 27.0. The highest BCUT2D eigenvalue weighted by Gasteiger charge is 2.40. The second-order valence-corrected chi connectivity index (χ2v) is 12.4. The lowest BCUT2D eigenvalue weighted by molar-refractivity contribution is -0.953. The Bertz CT molecular complexity index is 1080. The Morgan fingerprint density at radius 3 is 2.19 bits per heavy atom. The fourth-order valence-corrected chi connectivity index (χ4v) is 6.23. The number of benzene rings is 1. The Kier molecular flexibility index (Phi) is 18.4. The van der Waals surface area contributed by atoms with Gasteiger partial charge in [-0.05, 0) is 37.1 Å². The zero-order valence-corrected chi connectivity index (χ0v) is 29.9. The fourth-order valence-electron chi connectivity index (χ4n) is 5.69. The molecule has 2 heterocycles. The fraction of sp³-hybridized carbons (Fsp3) is 0.676. The van der Waals surface area contributed by atoms with E-state index in [2.05, 4.69) is 35.7 Å². The van der Waals surface area contributed by atoms with Crippen LogP contribution in [-0.2, 0) is 9.53 Å². The van der Waals surface area contributed by atoms with Crippen molar-refractivity contribution in [2.75, 3.05) is 33.9 Å². The third kappa shape index (κ3) is 12.7. The largest absolute Gasteiger partial charge is 1.00 e. The van der Waals surface area contributed by atoms with E-state index in [1.165, 1.54) is 69.5 Å². The number of carbonyl (C=O) groups is 1. The molecule has 2 aromatic rings. The van der Waals surface area contributed by atoms with Crippen LogP contribution in [0.1, 0.15) is 128 Å². The first-order valence-electron chi connectivity index (χ1n) is 16.3. The lowest BCUT2D eigenvalue weighted by Crippen LogP contribution is -3.00. The molecule has 3 rings (SSSR count). The van der Waals surface area contributed by atoms with E-state index >= 15 is 0 Å². The van der Waals surface area contributed by atoms with Gasteiger partial charge in [-0.15, -0.1) is 4.37 Å². The minimum absolute atomic E-state index is 0. The predicted octanol–water partition coefficient (Wildman–Crippen LogP) is 5.91. The lowest BCUT2D eigenvalue weighted by Gasteiger charge is -2.42. The Labute approximate surface area is 281 Å². The monoisotopic (exact) mass is 727 g/mol. The van der Waals surface area contributed by atoms with Crippen LogP contribution in [0, 0.1) is 0 Å². The van der Waals surface area contributed by atoms with E-state index in [4.69, 9.17) is 14.2 Å². The smallest absolute Gasteiger partial charge is 0.310 e. The van der Waals surface area contributed by atoms with Crippen LogP contribution in [0.3, 0.4) is 0 Å². The van der Waals surface area contributed by atoms with Crippen LogP contribution in [0.4, 0.5) is 0 Å². The van der Waals surface area contributed by atoms with E-state index in [-0.39, 0.29) is 29.9 Å². The van der Waals surface area contributed by atoms with E-state index in [1.54, 1.807) is 7.11 Å². The van der Waals surface area contributed by atoms with Crippen molar-refractivity contribution in [2.45, 2.75) is 116 Å². The molecular weight excluding hydrogens is 673 g/mol. The van der Waals surface area contributed by atoms with Gasteiger partial charge >= 0.3 is 5.97 Å². The Morgan fingerprint density at radius 2 is 1.53 bits per heavy atom. The van der Waals surface area contributed by atoms with Crippen molar-refractivity contribution in [3.05, 3.63) is 41.6 Å². The third-order valence-corrected chi connectivity index (χ3v) is 8.77. The maximum absolute atomic E-state index is 13.2. The molecule has 0 saturated carbocycles. The molecule has 0 amide bonds. The highest BCUT2D eigenvalue weighted by Crippen LogP contribution is 2.37. The van der Waals surface area contributed by atoms with Gasteiger partial charge < -0.3 is 38.2 Å². The first-order valence-corrected chi connectivity index (χ1v) is 17.1. The summed E-state index contributed by atoms with van der Waals surface area (Å²) < 4.78 is 27.4. The summed E-state index contributed by atoms with van der Waals surface area (Å²) in [6.45, 7) is 6.66. The van der Waals surface area contributed by atoms with E-state index in [0.717, 1.165) is 61.2 Å². The molecule has 0 N–H and O–H groups in total. The number of quaternary nitrogens is 1. The number of hydrogen-bond donors (Lipinski definition) is 0. The van der Waals surface area contributed by atoms with Crippen LogP contribution >= 0.6 is 11.7 Å². The number of nitrogens with zero attached hydrogens (tertiary/aromatic N) is 3. The SMILES string of the molecule is CCCCCCCCCCCC(=O)OC(c1ccc(OC)cc1)[N+]1(C)CCC=C(c2nsnc2OCCCCCC)C1.[I-]. The second-order valence-electron chi connectivity index (χ2n) is 11.9. The van der Waals surface area contributed by atoms with Gasteiger partial charge in [0, 0.05) is 18.4 Å². The van der Waals surface area contributed by atoms with Crippen molar-refractivity contribution in [3.63, 3.8) is 0 Å². The van der Waals surface area contributed by atoms with Gasteiger partial charge in [0.05, 0.1) is 44.6 Å². The number of methoxy groups -OCH3 is 1. The first kappa shape index (κ1) is 37.5. The van der Waals surface area contributed by atoms with Crippen LogP contribution in [0.25, 0.3) is 5.57 Å². The van der Waals surface area contributed by atoms with Gasteiger partial charge in [-0.2, -0.15) is 4.37 Å². The molecule has 0 fully saturated rings. The maximum Gasteiger partial charge on any atom is 0.310 e. The summed E-state index contributed by atoms with van der Waals surface area (Å²) in [5.74, 6) is 1.29. The van der Waals surface area contributed by atoms with Gasteiger partial charge in [0.25, 0.3) is 12.1 Å². The van der Waals surface area contributed by atoms with E-state index in [1.807, 2.05) is 24.3 Å². The van der Waals surface area contributed by atoms with Crippen LogP contribution < -0.4 is 33.5 Å². The standard InChI is InChI=1S/C34H54N3O4S.HI/c1-5-7-9-11-12-13-14-15-16-20-31(38)41-34(28-21-23-30(39-4)24-22-28)37(3)25-18-19-29(27-37)32-33(36-42-35-32)40-26-17-10-8-6-2;/h19,21-24,34H,5-18,20,25-27H2,1-4H3;1H/q+1;/p-1. The van der Waals surface area contributed by atoms with Crippen LogP contribution in [0.15, 0.2) is 30.3 Å². The zero-order chi connectivity index (χ0) is 30.0. The van der Waals surface area contributed by atoms with Gasteiger partial charge in [0.1, 0.15) is 18.0 Å². The molecule has 2 atom stereocenters. The number of hydrogen-bond acceptors (Lipinski definition) is 7. The van der Waals surface area contributed by atoms with Gasteiger partial charge in [0.2, 0.25) is 0 Å². The molecule has 242 valence electrons. The van der Waals surface area contributed by atoms with Gasteiger partial charge in [0.15, 0.2) is 0 Å². The van der Waals surface area contributed by atoms with Crippen molar-refractivity contribution >= 4 is 23.3 Å². The third-order valence-electron chi connectivity index (χ3n) is 8.26. The molecule has 0 aliphatic carbocycles. The topological polar surface area (TPSA) is 70.5 Å². The highest BCUT2D eigenvalue weighted by molar-refractivity contribution is 6.99. The van der Waals surface area contributed by atoms with Crippen molar-refractivity contribution in [1.82, 2.24) is 8.75 Å². The number of unbranched alkanes of at least 4 members (excludes halogenated alkanes) is 11. The summed E-state index contributed by atoms with van der Waals surface area (Å²) in [5, 5.41) is 0. The summed E-state index contributed by atoms with van der Waals surface area (Å²) in [7, 11) is 3.84. The number of halogens is 1. The number of rotatable bonds is 21. The summed E-state index contributed by atoms with van der Waals surface area (Å²) in [5.41, 5.74) is 2.91. The molecule has 1 aliphatic heterocycles. The minimum atomic E-state index is -0.421. The molecule has 0 bridgehead atoms. The molecule has 0 spiro atoms. The average Bonchev–Trinajstić information content (AvgIpc) is 3.48. The normalized spacial score (nSPS) is 17.1. The van der Waals surface area contributed by atoms with E-state index in [9.17, 15) is 4.79 Å². The molecule has 0 radical (unpaired) electrons. The van der Waals surface area contributed by atoms with Crippen molar-refractivity contribution in [3.8, 4) is 11.6 Å². The number of esters is 1. The molecule has 2 unspecified atom stereocenters. The molecular formula is C34H54IN3O4S.